The highest BCUT2D eigenvalue weighted by Gasteiger charge is 2.10. The van der Waals surface area contributed by atoms with Crippen molar-refractivity contribution in [1.29, 1.82) is 0 Å². The summed E-state index contributed by atoms with van der Waals surface area (Å²) >= 11 is 0. The number of hydrogen-bond donors (Lipinski definition) is 1. The fourth-order valence-corrected chi connectivity index (χ4v) is 2.51. The molecule has 1 amide bonds. The number of ether oxygens (including phenoxy) is 1. The van der Waals surface area contributed by atoms with Crippen molar-refractivity contribution in [1.82, 2.24) is 5.32 Å². The Morgan fingerprint density at radius 3 is 2.52 bits per heavy atom. The lowest BCUT2D eigenvalue weighted by atomic mass is 10.0. The van der Waals surface area contributed by atoms with Crippen molar-refractivity contribution in [2.75, 3.05) is 13.2 Å². The number of carbonyl (C=O) groups is 1. The Morgan fingerprint density at radius 2 is 1.83 bits per heavy atom. The van der Waals surface area contributed by atoms with Crippen LogP contribution in [0.4, 0.5) is 0 Å². The highest BCUT2D eigenvalue weighted by molar-refractivity contribution is 5.77. The topological polar surface area (TPSA) is 38.3 Å². The normalized spacial score (nSPS) is 11.8. The fourth-order valence-electron chi connectivity index (χ4n) is 2.51. The maximum absolute atomic E-state index is 12.0. The standard InChI is InChI=1S/C20H25NO2/c1-14-10-15(2)17(4)19(11-14)23-13-20(22)21-12-16(3)18-8-6-5-7-9-18/h5-11,16H,12-13H2,1-4H3,(H,21,22)/t16-/m0/s1. The molecule has 0 radical (unpaired) electrons. The molecule has 1 N–H and O–H groups in total. The highest BCUT2D eigenvalue weighted by Crippen LogP contribution is 2.23. The van der Waals surface area contributed by atoms with Gasteiger partial charge in [-0.3, -0.25) is 4.79 Å². The van der Waals surface area contributed by atoms with Crippen molar-refractivity contribution in [2.24, 2.45) is 0 Å². The minimum Gasteiger partial charge on any atom is -0.483 e. The van der Waals surface area contributed by atoms with Crippen LogP contribution in [-0.4, -0.2) is 19.1 Å². The first-order valence-corrected chi connectivity index (χ1v) is 7.99. The lowest BCUT2D eigenvalue weighted by molar-refractivity contribution is -0.123. The van der Waals surface area contributed by atoms with Gasteiger partial charge in [0.05, 0.1) is 0 Å². The molecule has 0 bridgehead atoms. The monoisotopic (exact) mass is 311 g/mol. The van der Waals surface area contributed by atoms with Gasteiger partial charge in [0.2, 0.25) is 0 Å². The van der Waals surface area contributed by atoms with E-state index in [1.165, 1.54) is 11.1 Å². The van der Waals surface area contributed by atoms with Crippen LogP contribution in [0.25, 0.3) is 0 Å². The summed E-state index contributed by atoms with van der Waals surface area (Å²) in [6.45, 7) is 8.85. The third-order valence-corrected chi connectivity index (χ3v) is 4.10. The Bertz CT molecular complexity index is 665. The predicted octanol–water partition coefficient (Wildman–Crippen LogP) is 3.91. The van der Waals surface area contributed by atoms with Crippen LogP contribution in [0.5, 0.6) is 5.75 Å². The number of benzene rings is 2. The summed E-state index contributed by atoms with van der Waals surface area (Å²) in [5, 5.41) is 2.94. The van der Waals surface area contributed by atoms with E-state index in [2.05, 4.69) is 37.4 Å². The average Bonchev–Trinajstić information content (AvgIpc) is 2.55. The second-order valence-electron chi connectivity index (χ2n) is 6.11. The Kier molecular flexibility index (Phi) is 5.80. The molecule has 3 heteroatoms. The number of nitrogens with one attached hydrogen (secondary N) is 1. The first-order valence-electron chi connectivity index (χ1n) is 7.99. The number of rotatable bonds is 6. The van der Waals surface area contributed by atoms with Gasteiger partial charge in [-0.15, -0.1) is 0 Å². The van der Waals surface area contributed by atoms with E-state index in [9.17, 15) is 4.79 Å². The molecule has 2 rings (SSSR count). The lowest BCUT2D eigenvalue weighted by Gasteiger charge is -2.15. The van der Waals surface area contributed by atoms with Crippen LogP contribution >= 0.6 is 0 Å². The van der Waals surface area contributed by atoms with Gasteiger partial charge in [-0.25, -0.2) is 0 Å². The third-order valence-electron chi connectivity index (χ3n) is 4.10. The van der Waals surface area contributed by atoms with Crippen LogP contribution in [0.15, 0.2) is 42.5 Å². The third kappa shape index (κ3) is 4.85. The van der Waals surface area contributed by atoms with Crippen molar-refractivity contribution in [3.63, 3.8) is 0 Å². The van der Waals surface area contributed by atoms with E-state index < -0.39 is 0 Å². The second kappa shape index (κ2) is 7.82. The summed E-state index contributed by atoms with van der Waals surface area (Å²) in [6.07, 6.45) is 0. The summed E-state index contributed by atoms with van der Waals surface area (Å²) in [6, 6.07) is 14.3. The van der Waals surface area contributed by atoms with Crippen molar-refractivity contribution in [3.8, 4) is 5.75 Å². The molecule has 0 aromatic heterocycles. The molecule has 0 unspecified atom stereocenters. The Balaban J connectivity index is 1.84. The molecule has 0 aliphatic carbocycles. The molecular formula is C20H25NO2. The van der Waals surface area contributed by atoms with E-state index in [0.29, 0.717) is 6.54 Å². The largest absolute Gasteiger partial charge is 0.483 e. The van der Waals surface area contributed by atoms with E-state index in [1.807, 2.05) is 38.1 Å². The zero-order valence-electron chi connectivity index (χ0n) is 14.3. The molecule has 0 aliphatic heterocycles. The van der Waals surface area contributed by atoms with Gasteiger partial charge in [-0.1, -0.05) is 43.3 Å². The summed E-state index contributed by atoms with van der Waals surface area (Å²) < 4.78 is 5.69. The molecule has 0 saturated carbocycles. The van der Waals surface area contributed by atoms with Gasteiger partial charge in [0.25, 0.3) is 5.91 Å². The molecule has 23 heavy (non-hydrogen) atoms. The summed E-state index contributed by atoms with van der Waals surface area (Å²) in [7, 11) is 0. The molecule has 0 aliphatic rings. The molecule has 122 valence electrons. The maximum Gasteiger partial charge on any atom is 0.257 e. The van der Waals surface area contributed by atoms with Crippen molar-refractivity contribution >= 4 is 5.91 Å². The van der Waals surface area contributed by atoms with Gasteiger partial charge >= 0.3 is 0 Å². The second-order valence-corrected chi connectivity index (χ2v) is 6.11. The minimum atomic E-state index is -0.0914. The molecule has 1 atom stereocenters. The van der Waals surface area contributed by atoms with Crippen molar-refractivity contribution < 1.29 is 9.53 Å². The molecule has 0 saturated heterocycles. The molecular weight excluding hydrogens is 286 g/mol. The molecule has 2 aromatic rings. The predicted molar refractivity (Wildman–Crippen MR) is 94.0 cm³/mol. The Morgan fingerprint density at radius 1 is 1.13 bits per heavy atom. The van der Waals surface area contributed by atoms with Crippen molar-refractivity contribution in [2.45, 2.75) is 33.6 Å². The first kappa shape index (κ1) is 17.1. The van der Waals surface area contributed by atoms with Gasteiger partial charge in [0.1, 0.15) is 5.75 Å². The number of carbonyl (C=O) groups excluding carboxylic acids is 1. The Labute approximate surface area is 138 Å². The van der Waals surface area contributed by atoms with Crippen LogP contribution in [0, 0.1) is 20.8 Å². The highest BCUT2D eigenvalue weighted by atomic mass is 16.5. The van der Waals surface area contributed by atoms with Gasteiger partial charge in [0.15, 0.2) is 6.61 Å². The van der Waals surface area contributed by atoms with Crippen LogP contribution in [0.1, 0.15) is 35.1 Å². The molecule has 2 aromatic carbocycles. The van der Waals surface area contributed by atoms with Gasteiger partial charge in [-0.2, -0.15) is 0 Å². The van der Waals surface area contributed by atoms with E-state index in [0.717, 1.165) is 16.9 Å². The first-order chi connectivity index (χ1) is 11.0. The maximum atomic E-state index is 12.0. The van der Waals surface area contributed by atoms with Crippen LogP contribution < -0.4 is 10.1 Å². The number of amides is 1. The summed E-state index contributed by atoms with van der Waals surface area (Å²) in [5.41, 5.74) is 4.62. The zero-order chi connectivity index (χ0) is 16.8. The Hall–Kier alpha value is -2.29. The van der Waals surface area contributed by atoms with Gasteiger partial charge < -0.3 is 10.1 Å². The molecule has 0 heterocycles. The number of hydrogen-bond acceptors (Lipinski definition) is 2. The SMILES string of the molecule is Cc1cc(C)c(C)c(OCC(=O)NC[C@H](C)c2ccccc2)c1. The lowest BCUT2D eigenvalue weighted by Crippen LogP contribution is -2.32. The van der Waals surface area contributed by atoms with E-state index in [4.69, 9.17) is 4.74 Å². The van der Waals surface area contributed by atoms with E-state index in [-0.39, 0.29) is 18.4 Å². The zero-order valence-corrected chi connectivity index (χ0v) is 14.3. The smallest absolute Gasteiger partial charge is 0.257 e. The van der Waals surface area contributed by atoms with Gasteiger partial charge in [0, 0.05) is 6.54 Å². The molecule has 0 spiro atoms. The molecule has 0 fully saturated rings. The number of aryl methyl sites for hydroxylation is 2. The van der Waals surface area contributed by atoms with Crippen LogP contribution in [0.3, 0.4) is 0 Å². The summed E-state index contributed by atoms with van der Waals surface area (Å²) in [4.78, 5) is 12.0. The minimum absolute atomic E-state index is 0.0469. The van der Waals surface area contributed by atoms with Crippen LogP contribution in [-0.2, 0) is 4.79 Å². The molecule has 3 nitrogen and oxygen atoms in total. The van der Waals surface area contributed by atoms with Crippen molar-refractivity contribution in [3.05, 3.63) is 64.7 Å². The van der Waals surface area contributed by atoms with E-state index >= 15 is 0 Å². The van der Waals surface area contributed by atoms with Gasteiger partial charge in [-0.05, 0) is 55.0 Å². The van der Waals surface area contributed by atoms with Crippen LogP contribution in [0.2, 0.25) is 0 Å². The fraction of sp³-hybridized carbons (Fsp3) is 0.350. The quantitative estimate of drug-likeness (QED) is 0.878. The summed E-state index contributed by atoms with van der Waals surface area (Å²) in [5.74, 6) is 0.975. The average molecular weight is 311 g/mol. The van der Waals surface area contributed by atoms with E-state index in [1.54, 1.807) is 0 Å².